The normalized spacial score (nSPS) is 29.7. The number of nitrogens with one attached hydrogen (secondary N) is 1. The Balaban J connectivity index is 1.53. The summed E-state index contributed by atoms with van der Waals surface area (Å²) >= 11 is 0. The molecule has 1 saturated heterocycles. The fourth-order valence-electron chi connectivity index (χ4n) is 3.54. The molecule has 1 aromatic rings. The van der Waals surface area contributed by atoms with Gasteiger partial charge in [-0.2, -0.15) is 0 Å². The molecule has 1 aliphatic carbocycles. The van der Waals surface area contributed by atoms with Crippen molar-refractivity contribution in [2.45, 2.75) is 20.4 Å². The highest BCUT2D eigenvalue weighted by Crippen LogP contribution is 2.62. The third-order valence-electron chi connectivity index (χ3n) is 5.05. The fraction of sp³-hybridized carbons (Fsp3) is 0.571. The summed E-state index contributed by atoms with van der Waals surface area (Å²) in [6, 6.07) is 0. The highest BCUT2D eigenvalue weighted by molar-refractivity contribution is 5.92. The topological polar surface area (TPSA) is 50.2 Å². The van der Waals surface area contributed by atoms with Crippen molar-refractivity contribution in [1.82, 2.24) is 19.8 Å². The SMILES string of the molecule is CC1(C)C2CN(C(=O)c3cn4c(n3)CNC=C4)CC21. The summed E-state index contributed by atoms with van der Waals surface area (Å²) in [5.74, 6) is 2.36. The van der Waals surface area contributed by atoms with Crippen LogP contribution in [0.25, 0.3) is 6.20 Å². The third kappa shape index (κ3) is 1.47. The molecule has 0 radical (unpaired) electrons. The molecule has 1 saturated carbocycles. The van der Waals surface area contributed by atoms with E-state index in [-0.39, 0.29) is 5.91 Å². The lowest BCUT2D eigenvalue weighted by molar-refractivity contribution is 0.0752. The first-order chi connectivity index (χ1) is 9.07. The molecular weight excluding hydrogens is 240 g/mol. The number of amides is 1. The van der Waals surface area contributed by atoms with Gasteiger partial charge in [-0.25, -0.2) is 4.98 Å². The van der Waals surface area contributed by atoms with Gasteiger partial charge in [0.1, 0.15) is 11.5 Å². The van der Waals surface area contributed by atoms with Crippen LogP contribution in [0.3, 0.4) is 0 Å². The number of aromatic nitrogens is 2. The van der Waals surface area contributed by atoms with E-state index >= 15 is 0 Å². The van der Waals surface area contributed by atoms with Gasteiger partial charge in [0, 0.05) is 31.7 Å². The number of carbonyl (C=O) groups is 1. The van der Waals surface area contributed by atoms with Crippen molar-refractivity contribution in [3.05, 3.63) is 23.9 Å². The Labute approximate surface area is 112 Å². The zero-order valence-corrected chi connectivity index (χ0v) is 11.3. The highest BCUT2D eigenvalue weighted by atomic mass is 16.2. The maximum absolute atomic E-state index is 12.4. The van der Waals surface area contributed by atoms with E-state index in [9.17, 15) is 4.79 Å². The summed E-state index contributed by atoms with van der Waals surface area (Å²) in [4.78, 5) is 18.8. The maximum atomic E-state index is 12.4. The molecule has 19 heavy (non-hydrogen) atoms. The second-order valence-electron chi connectivity index (χ2n) is 6.39. The molecule has 3 heterocycles. The summed E-state index contributed by atoms with van der Waals surface area (Å²) in [6.07, 6.45) is 5.60. The second-order valence-corrected chi connectivity index (χ2v) is 6.39. The van der Waals surface area contributed by atoms with Gasteiger partial charge in [-0.3, -0.25) is 4.79 Å². The highest BCUT2D eigenvalue weighted by Gasteiger charge is 2.62. The molecule has 4 rings (SSSR count). The zero-order valence-electron chi connectivity index (χ0n) is 11.3. The minimum Gasteiger partial charge on any atom is -0.382 e. The van der Waals surface area contributed by atoms with Gasteiger partial charge in [-0.05, 0) is 17.3 Å². The van der Waals surface area contributed by atoms with Crippen molar-refractivity contribution in [2.75, 3.05) is 13.1 Å². The number of nitrogens with zero attached hydrogens (tertiary/aromatic N) is 3. The van der Waals surface area contributed by atoms with Crippen LogP contribution in [0, 0.1) is 17.3 Å². The summed E-state index contributed by atoms with van der Waals surface area (Å²) < 4.78 is 1.92. The van der Waals surface area contributed by atoms with E-state index in [1.807, 2.05) is 28.1 Å². The van der Waals surface area contributed by atoms with E-state index in [0.717, 1.165) is 18.9 Å². The number of rotatable bonds is 1. The van der Waals surface area contributed by atoms with Crippen LogP contribution in [0.1, 0.15) is 30.2 Å². The van der Waals surface area contributed by atoms with E-state index in [4.69, 9.17) is 0 Å². The van der Waals surface area contributed by atoms with Crippen molar-refractivity contribution in [3.8, 4) is 0 Å². The number of piperidine rings is 1. The molecule has 2 aliphatic heterocycles. The summed E-state index contributed by atoms with van der Waals surface area (Å²) in [5, 5.41) is 3.10. The molecule has 0 bridgehead atoms. The van der Waals surface area contributed by atoms with Crippen molar-refractivity contribution in [3.63, 3.8) is 0 Å². The standard InChI is InChI=1S/C14H18N4O/c1-14(2)9-6-18(7-10(9)14)13(19)11-8-17-4-3-15-5-12(17)16-11/h3-4,8-10,15H,5-7H2,1-2H3. The number of fused-ring (bicyclic) bond motifs is 2. The lowest BCUT2D eigenvalue weighted by Crippen LogP contribution is -2.33. The molecule has 1 amide bonds. The molecule has 5 heteroatoms. The number of likely N-dealkylation sites (tertiary alicyclic amines) is 1. The Morgan fingerprint density at radius 1 is 1.42 bits per heavy atom. The number of imidazole rings is 1. The minimum atomic E-state index is 0.0818. The van der Waals surface area contributed by atoms with Gasteiger partial charge in [0.15, 0.2) is 0 Å². The fourth-order valence-corrected chi connectivity index (χ4v) is 3.54. The molecule has 1 N–H and O–H groups in total. The molecule has 2 unspecified atom stereocenters. The van der Waals surface area contributed by atoms with Gasteiger partial charge in [0.25, 0.3) is 5.91 Å². The largest absolute Gasteiger partial charge is 0.382 e. The van der Waals surface area contributed by atoms with Gasteiger partial charge in [0.2, 0.25) is 0 Å². The van der Waals surface area contributed by atoms with Crippen LogP contribution in [-0.4, -0.2) is 33.4 Å². The third-order valence-corrected chi connectivity index (χ3v) is 5.05. The monoisotopic (exact) mass is 258 g/mol. The van der Waals surface area contributed by atoms with E-state index in [1.54, 1.807) is 0 Å². The average molecular weight is 258 g/mol. The van der Waals surface area contributed by atoms with Crippen LogP contribution < -0.4 is 5.32 Å². The maximum Gasteiger partial charge on any atom is 0.274 e. The summed E-state index contributed by atoms with van der Waals surface area (Å²) in [6.45, 7) is 7.08. The van der Waals surface area contributed by atoms with Crippen molar-refractivity contribution in [2.24, 2.45) is 17.3 Å². The average Bonchev–Trinajstić information content (AvgIpc) is 2.89. The van der Waals surface area contributed by atoms with E-state index < -0.39 is 0 Å². The molecule has 1 aromatic heterocycles. The van der Waals surface area contributed by atoms with Gasteiger partial charge < -0.3 is 14.8 Å². The first-order valence-corrected chi connectivity index (χ1v) is 6.84. The first-order valence-electron chi connectivity index (χ1n) is 6.84. The predicted molar refractivity (Wildman–Crippen MR) is 71.1 cm³/mol. The van der Waals surface area contributed by atoms with E-state index in [1.165, 1.54) is 0 Å². The Morgan fingerprint density at radius 2 is 2.16 bits per heavy atom. The first kappa shape index (κ1) is 11.1. The lowest BCUT2D eigenvalue weighted by Gasteiger charge is -2.21. The molecule has 100 valence electrons. The van der Waals surface area contributed by atoms with Crippen LogP contribution in [-0.2, 0) is 6.54 Å². The molecule has 2 atom stereocenters. The van der Waals surface area contributed by atoms with Crippen LogP contribution in [0.2, 0.25) is 0 Å². The van der Waals surface area contributed by atoms with E-state index in [2.05, 4.69) is 24.1 Å². The molecule has 3 aliphatic rings. The van der Waals surface area contributed by atoms with Gasteiger partial charge in [-0.15, -0.1) is 0 Å². The van der Waals surface area contributed by atoms with Crippen LogP contribution >= 0.6 is 0 Å². The number of carbonyl (C=O) groups excluding carboxylic acids is 1. The van der Waals surface area contributed by atoms with Gasteiger partial charge >= 0.3 is 0 Å². The zero-order chi connectivity index (χ0) is 13.2. The minimum absolute atomic E-state index is 0.0818. The number of hydrogen-bond donors (Lipinski definition) is 1. The Morgan fingerprint density at radius 3 is 2.84 bits per heavy atom. The summed E-state index contributed by atoms with van der Waals surface area (Å²) in [7, 11) is 0. The molecule has 2 fully saturated rings. The molecule has 0 aromatic carbocycles. The van der Waals surface area contributed by atoms with Crippen LogP contribution in [0.4, 0.5) is 0 Å². The molecule has 5 nitrogen and oxygen atoms in total. The summed E-state index contributed by atoms with van der Waals surface area (Å²) in [5.41, 5.74) is 1.01. The molecular formula is C14H18N4O. The van der Waals surface area contributed by atoms with Crippen LogP contribution in [0.5, 0.6) is 0 Å². The van der Waals surface area contributed by atoms with Crippen molar-refractivity contribution >= 4 is 12.1 Å². The van der Waals surface area contributed by atoms with Crippen molar-refractivity contribution in [1.29, 1.82) is 0 Å². The van der Waals surface area contributed by atoms with Gasteiger partial charge in [-0.1, -0.05) is 13.8 Å². The molecule has 0 spiro atoms. The lowest BCUT2D eigenvalue weighted by atomic mass is 10.1. The van der Waals surface area contributed by atoms with E-state index in [0.29, 0.717) is 29.5 Å². The Kier molecular flexibility index (Phi) is 1.99. The van der Waals surface area contributed by atoms with Crippen LogP contribution in [0.15, 0.2) is 12.4 Å². The Hall–Kier alpha value is -1.78. The quantitative estimate of drug-likeness (QED) is 0.822. The Bertz CT molecular complexity index is 572. The van der Waals surface area contributed by atoms with Crippen molar-refractivity contribution < 1.29 is 4.79 Å². The smallest absolute Gasteiger partial charge is 0.274 e. The van der Waals surface area contributed by atoms with Gasteiger partial charge in [0.05, 0.1) is 6.54 Å². The number of hydrogen-bond acceptors (Lipinski definition) is 3. The second kappa shape index (κ2) is 3.40. The predicted octanol–water partition coefficient (Wildman–Crippen LogP) is 1.14.